The number of hydrogen-bond acceptors (Lipinski definition) is 3. The van der Waals surface area contributed by atoms with Crippen LogP contribution in [-0.2, 0) is 4.79 Å². The van der Waals surface area contributed by atoms with Crippen LogP contribution < -0.4 is 4.90 Å². The Morgan fingerprint density at radius 1 is 1.37 bits per heavy atom. The number of rotatable bonds is 3. The highest BCUT2D eigenvalue weighted by atomic mass is 19.1. The molecule has 1 aromatic carbocycles. The highest BCUT2D eigenvalue weighted by Gasteiger charge is 2.29. The van der Waals surface area contributed by atoms with Gasteiger partial charge in [-0.05, 0) is 32.9 Å². The predicted molar refractivity (Wildman–Crippen MR) is 65.8 cm³/mol. The van der Waals surface area contributed by atoms with Crippen molar-refractivity contribution in [1.29, 1.82) is 5.26 Å². The van der Waals surface area contributed by atoms with E-state index in [0.717, 1.165) is 17.0 Å². The topological polar surface area (TPSA) is 64.3 Å². The summed E-state index contributed by atoms with van der Waals surface area (Å²) in [4.78, 5) is 11.9. The zero-order valence-electron chi connectivity index (χ0n) is 10.9. The maximum absolute atomic E-state index is 13.9. The van der Waals surface area contributed by atoms with Crippen LogP contribution in [0.15, 0.2) is 12.1 Å². The van der Waals surface area contributed by atoms with E-state index in [0.29, 0.717) is 0 Å². The lowest BCUT2D eigenvalue weighted by molar-refractivity contribution is -0.135. The Kier molecular flexibility index (Phi) is 4.10. The van der Waals surface area contributed by atoms with Crippen molar-refractivity contribution in [2.75, 3.05) is 11.4 Å². The summed E-state index contributed by atoms with van der Waals surface area (Å²) in [6.45, 7) is 4.40. The van der Waals surface area contributed by atoms with Gasteiger partial charge in [-0.3, -0.25) is 4.79 Å². The third-order valence-electron chi connectivity index (χ3n) is 2.52. The molecule has 102 valence electrons. The highest BCUT2D eigenvalue weighted by Crippen LogP contribution is 2.30. The molecule has 1 rings (SSSR count). The van der Waals surface area contributed by atoms with Crippen LogP contribution in [-0.4, -0.2) is 23.2 Å². The normalized spacial score (nSPS) is 10.9. The summed E-state index contributed by atoms with van der Waals surface area (Å²) in [5, 5.41) is 17.5. The lowest BCUT2D eigenvalue weighted by atomic mass is 10.0. The molecule has 0 spiro atoms. The molecule has 1 N–H and O–H groups in total. The second-order valence-corrected chi connectivity index (χ2v) is 5.05. The summed E-state index contributed by atoms with van der Waals surface area (Å²) in [5.74, 6) is -3.10. The summed E-state index contributed by atoms with van der Waals surface area (Å²) in [7, 11) is 0. The average molecular weight is 268 g/mol. The molecule has 0 unspecified atom stereocenters. The molecule has 1 aromatic rings. The van der Waals surface area contributed by atoms with Crippen molar-refractivity contribution in [2.45, 2.75) is 26.3 Å². The van der Waals surface area contributed by atoms with Crippen molar-refractivity contribution in [1.82, 2.24) is 0 Å². The number of benzene rings is 1. The van der Waals surface area contributed by atoms with Crippen molar-refractivity contribution in [3.63, 3.8) is 0 Å². The molecule has 0 radical (unpaired) electrons. The minimum Gasteiger partial charge on any atom is -0.480 e. The number of nitrogens with zero attached hydrogens (tertiary/aromatic N) is 2. The van der Waals surface area contributed by atoms with E-state index in [9.17, 15) is 13.6 Å². The second kappa shape index (κ2) is 5.22. The Labute approximate surface area is 109 Å². The standard InChI is InChI=1S/C13H14F2N2O2/c1-13(2,3)17(7-11(18)19)12-9(14)4-8(6-16)5-10(12)15/h4-5H,7H2,1-3H3,(H,18,19). The summed E-state index contributed by atoms with van der Waals surface area (Å²) in [6.07, 6.45) is 0. The van der Waals surface area contributed by atoms with Gasteiger partial charge in [0.2, 0.25) is 0 Å². The number of hydrogen-bond donors (Lipinski definition) is 1. The fraction of sp³-hybridized carbons (Fsp3) is 0.385. The molecule has 0 amide bonds. The largest absolute Gasteiger partial charge is 0.480 e. The average Bonchev–Trinajstić information content (AvgIpc) is 2.24. The molecule has 0 aromatic heterocycles. The van der Waals surface area contributed by atoms with Crippen molar-refractivity contribution in [2.24, 2.45) is 0 Å². The number of carboxylic acids is 1. The van der Waals surface area contributed by atoms with Crippen LogP contribution in [0.25, 0.3) is 0 Å². The van der Waals surface area contributed by atoms with Crippen LogP contribution in [0.1, 0.15) is 26.3 Å². The Balaban J connectivity index is 3.39. The lowest BCUT2D eigenvalue weighted by Gasteiger charge is -2.36. The Hall–Kier alpha value is -2.16. The number of carboxylic acid groups (broad SMARTS) is 1. The van der Waals surface area contributed by atoms with Gasteiger partial charge in [0, 0.05) is 5.54 Å². The van der Waals surface area contributed by atoms with Crippen LogP contribution in [0.2, 0.25) is 0 Å². The first-order valence-electron chi connectivity index (χ1n) is 5.55. The molecule has 0 atom stereocenters. The van der Waals surface area contributed by atoms with Gasteiger partial charge in [0.05, 0.1) is 11.6 Å². The minimum absolute atomic E-state index is 0.150. The van der Waals surface area contributed by atoms with Gasteiger partial charge in [0.25, 0.3) is 0 Å². The van der Waals surface area contributed by atoms with Crippen molar-refractivity contribution >= 4 is 11.7 Å². The molecule has 0 aliphatic rings. The third-order valence-corrected chi connectivity index (χ3v) is 2.52. The Morgan fingerprint density at radius 3 is 2.16 bits per heavy atom. The summed E-state index contributed by atoms with van der Waals surface area (Å²) < 4.78 is 27.8. The first-order chi connectivity index (χ1) is 8.66. The molecule has 0 saturated heterocycles. The van der Waals surface area contributed by atoms with E-state index in [2.05, 4.69) is 0 Å². The molecular weight excluding hydrogens is 254 g/mol. The van der Waals surface area contributed by atoms with E-state index >= 15 is 0 Å². The van der Waals surface area contributed by atoms with E-state index in [4.69, 9.17) is 10.4 Å². The quantitative estimate of drug-likeness (QED) is 0.914. The van der Waals surface area contributed by atoms with Crippen LogP contribution in [0.4, 0.5) is 14.5 Å². The SMILES string of the molecule is CC(C)(C)N(CC(=O)O)c1c(F)cc(C#N)cc1F. The number of nitriles is 1. The van der Waals surface area contributed by atoms with E-state index < -0.39 is 35.4 Å². The smallest absolute Gasteiger partial charge is 0.323 e. The summed E-state index contributed by atoms with van der Waals surface area (Å²) in [6, 6.07) is 3.42. The molecule has 0 aliphatic carbocycles. The zero-order valence-corrected chi connectivity index (χ0v) is 10.9. The fourth-order valence-corrected chi connectivity index (χ4v) is 1.67. The maximum Gasteiger partial charge on any atom is 0.323 e. The van der Waals surface area contributed by atoms with Gasteiger partial charge in [-0.2, -0.15) is 5.26 Å². The minimum atomic E-state index is -1.20. The van der Waals surface area contributed by atoms with E-state index in [1.54, 1.807) is 26.8 Å². The van der Waals surface area contributed by atoms with Gasteiger partial charge in [-0.25, -0.2) is 8.78 Å². The molecule has 0 bridgehead atoms. The molecule has 6 heteroatoms. The van der Waals surface area contributed by atoms with Gasteiger partial charge in [0.1, 0.15) is 12.2 Å². The number of halogens is 2. The number of carbonyl (C=O) groups is 1. The fourth-order valence-electron chi connectivity index (χ4n) is 1.67. The molecule has 4 nitrogen and oxygen atoms in total. The van der Waals surface area contributed by atoms with Crippen molar-refractivity contribution in [3.8, 4) is 6.07 Å². The number of anilines is 1. The molecular formula is C13H14F2N2O2. The first-order valence-corrected chi connectivity index (χ1v) is 5.55. The first kappa shape index (κ1) is 14.9. The molecule has 0 saturated carbocycles. The summed E-state index contributed by atoms with van der Waals surface area (Å²) >= 11 is 0. The number of aliphatic carboxylic acids is 1. The van der Waals surface area contributed by atoms with Crippen LogP contribution in [0, 0.1) is 23.0 Å². The van der Waals surface area contributed by atoms with Gasteiger partial charge in [-0.15, -0.1) is 0 Å². The van der Waals surface area contributed by atoms with Crippen molar-refractivity contribution in [3.05, 3.63) is 29.3 Å². The van der Waals surface area contributed by atoms with Crippen LogP contribution >= 0.6 is 0 Å². The van der Waals surface area contributed by atoms with Gasteiger partial charge >= 0.3 is 5.97 Å². The van der Waals surface area contributed by atoms with Crippen LogP contribution in [0.5, 0.6) is 0 Å². The third kappa shape index (κ3) is 3.41. The van der Waals surface area contributed by atoms with E-state index in [1.807, 2.05) is 0 Å². The van der Waals surface area contributed by atoms with Crippen molar-refractivity contribution < 1.29 is 18.7 Å². The van der Waals surface area contributed by atoms with Crippen LogP contribution in [0.3, 0.4) is 0 Å². The molecule has 19 heavy (non-hydrogen) atoms. The molecule has 0 fully saturated rings. The maximum atomic E-state index is 13.9. The molecule has 0 heterocycles. The van der Waals surface area contributed by atoms with Gasteiger partial charge < -0.3 is 10.0 Å². The van der Waals surface area contributed by atoms with E-state index in [-0.39, 0.29) is 5.56 Å². The van der Waals surface area contributed by atoms with E-state index in [1.165, 1.54) is 0 Å². The Morgan fingerprint density at radius 2 is 1.84 bits per heavy atom. The molecule has 0 aliphatic heterocycles. The summed E-state index contributed by atoms with van der Waals surface area (Å²) in [5.41, 5.74) is -1.37. The lowest BCUT2D eigenvalue weighted by Crippen LogP contribution is -2.45. The van der Waals surface area contributed by atoms with Gasteiger partial charge in [-0.1, -0.05) is 0 Å². The second-order valence-electron chi connectivity index (χ2n) is 5.05. The Bertz CT molecular complexity index is 522. The predicted octanol–water partition coefficient (Wildman–Crippen LogP) is 2.53. The highest BCUT2D eigenvalue weighted by molar-refractivity contribution is 5.74. The van der Waals surface area contributed by atoms with Gasteiger partial charge in [0.15, 0.2) is 11.6 Å². The zero-order chi connectivity index (χ0) is 14.8. The monoisotopic (exact) mass is 268 g/mol.